The van der Waals surface area contributed by atoms with Crippen molar-refractivity contribution in [2.45, 2.75) is 26.3 Å². The number of hydrogen-bond donors (Lipinski definition) is 1. The molecule has 0 aliphatic carbocycles. The highest BCUT2D eigenvalue weighted by atomic mass is 16.5. The fourth-order valence-corrected chi connectivity index (χ4v) is 1.95. The van der Waals surface area contributed by atoms with Crippen LogP contribution in [0.1, 0.15) is 30.6 Å². The molecule has 1 amide bonds. The van der Waals surface area contributed by atoms with Gasteiger partial charge in [-0.3, -0.25) is 4.79 Å². The van der Waals surface area contributed by atoms with Crippen LogP contribution in [0.5, 0.6) is 0 Å². The van der Waals surface area contributed by atoms with Crippen LogP contribution in [0.3, 0.4) is 0 Å². The molecule has 110 valence electrons. The van der Waals surface area contributed by atoms with Gasteiger partial charge in [-0.05, 0) is 36.2 Å². The van der Waals surface area contributed by atoms with Crippen molar-refractivity contribution < 1.29 is 14.3 Å². The number of fused-ring (bicyclic) bond motifs is 1. The highest BCUT2D eigenvalue weighted by Crippen LogP contribution is 2.16. The second-order valence-corrected chi connectivity index (χ2v) is 5.01. The van der Waals surface area contributed by atoms with Gasteiger partial charge in [0.15, 0.2) is 6.61 Å². The van der Waals surface area contributed by atoms with Crippen LogP contribution in [0.15, 0.2) is 42.5 Å². The summed E-state index contributed by atoms with van der Waals surface area (Å²) >= 11 is 0. The Bertz CT molecular complexity index is 651. The summed E-state index contributed by atoms with van der Waals surface area (Å²) in [7, 11) is 0. The number of carbonyl (C=O) groups excluding carboxylic acids is 2. The first kappa shape index (κ1) is 15.0. The lowest BCUT2D eigenvalue weighted by Gasteiger charge is -2.11. The maximum atomic E-state index is 11.9. The molecular formula is C17H19NO3. The smallest absolute Gasteiger partial charge is 0.338 e. The fourth-order valence-electron chi connectivity index (χ4n) is 1.95. The second-order valence-electron chi connectivity index (χ2n) is 5.01. The van der Waals surface area contributed by atoms with Gasteiger partial charge in [0.1, 0.15) is 0 Å². The minimum Gasteiger partial charge on any atom is -0.452 e. The highest BCUT2D eigenvalue weighted by Gasteiger charge is 2.11. The highest BCUT2D eigenvalue weighted by molar-refractivity contribution is 5.96. The van der Waals surface area contributed by atoms with Crippen LogP contribution >= 0.6 is 0 Å². The summed E-state index contributed by atoms with van der Waals surface area (Å²) in [5.41, 5.74) is 0.449. The maximum Gasteiger partial charge on any atom is 0.338 e. The Kier molecular flexibility index (Phi) is 4.93. The van der Waals surface area contributed by atoms with Gasteiger partial charge < -0.3 is 10.1 Å². The maximum absolute atomic E-state index is 11.9. The molecule has 0 aliphatic rings. The van der Waals surface area contributed by atoms with Crippen LogP contribution in [-0.2, 0) is 9.53 Å². The predicted molar refractivity (Wildman–Crippen MR) is 82.1 cm³/mol. The third-order valence-corrected chi connectivity index (χ3v) is 3.34. The molecule has 2 aromatic carbocycles. The molecule has 2 aromatic rings. The van der Waals surface area contributed by atoms with Crippen LogP contribution in [0.4, 0.5) is 0 Å². The SMILES string of the molecule is CC[C@H](C)NC(=O)COC(=O)c1ccc2ccccc2c1. The molecule has 21 heavy (non-hydrogen) atoms. The zero-order valence-electron chi connectivity index (χ0n) is 12.3. The van der Waals surface area contributed by atoms with Crippen LogP contribution in [0, 0.1) is 0 Å². The molecule has 1 N–H and O–H groups in total. The van der Waals surface area contributed by atoms with Crippen LogP contribution in [0.2, 0.25) is 0 Å². The Hall–Kier alpha value is -2.36. The van der Waals surface area contributed by atoms with Crippen molar-refractivity contribution in [1.29, 1.82) is 0 Å². The molecule has 4 heteroatoms. The van der Waals surface area contributed by atoms with Crippen molar-refractivity contribution >= 4 is 22.6 Å². The van der Waals surface area contributed by atoms with Gasteiger partial charge in [-0.2, -0.15) is 0 Å². The van der Waals surface area contributed by atoms with Gasteiger partial charge in [-0.15, -0.1) is 0 Å². The third-order valence-electron chi connectivity index (χ3n) is 3.34. The molecule has 1 atom stereocenters. The molecular weight excluding hydrogens is 266 g/mol. The fraction of sp³-hybridized carbons (Fsp3) is 0.294. The molecule has 0 heterocycles. The lowest BCUT2D eigenvalue weighted by Crippen LogP contribution is -2.35. The summed E-state index contributed by atoms with van der Waals surface area (Å²) in [6.07, 6.45) is 0.838. The largest absolute Gasteiger partial charge is 0.452 e. The molecule has 4 nitrogen and oxygen atoms in total. The summed E-state index contributed by atoms with van der Waals surface area (Å²) in [6, 6.07) is 13.2. The summed E-state index contributed by atoms with van der Waals surface area (Å²) in [6.45, 7) is 3.63. The van der Waals surface area contributed by atoms with E-state index in [4.69, 9.17) is 4.74 Å². The number of benzene rings is 2. The van der Waals surface area contributed by atoms with E-state index in [9.17, 15) is 9.59 Å². The monoisotopic (exact) mass is 285 g/mol. The quantitative estimate of drug-likeness (QED) is 0.859. The van der Waals surface area contributed by atoms with Crippen LogP contribution < -0.4 is 5.32 Å². The van der Waals surface area contributed by atoms with Gasteiger partial charge in [0.2, 0.25) is 0 Å². The first-order valence-corrected chi connectivity index (χ1v) is 7.05. The number of hydrogen-bond acceptors (Lipinski definition) is 3. The molecule has 0 radical (unpaired) electrons. The number of ether oxygens (including phenoxy) is 1. The van der Waals surface area contributed by atoms with Crippen molar-refractivity contribution in [1.82, 2.24) is 5.32 Å². The van der Waals surface area contributed by atoms with Crippen molar-refractivity contribution in [3.05, 3.63) is 48.0 Å². The molecule has 0 unspecified atom stereocenters. The summed E-state index contributed by atoms with van der Waals surface area (Å²) in [5.74, 6) is -0.765. The van der Waals surface area contributed by atoms with E-state index < -0.39 is 5.97 Å². The Labute approximate surface area is 124 Å². The first-order chi connectivity index (χ1) is 10.1. The topological polar surface area (TPSA) is 55.4 Å². The number of amides is 1. The van der Waals surface area contributed by atoms with Crippen molar-refractivity contribution in [3.63, 3.8) is 0 Å². The van der Waals surface area contributed by atoms with E-state index in [0.29, 0.717) is 5.56 Å². The predicted octanol–water partition coefficient (Wildman–Crippen LogP) is 2.91. The third kappa shape index (κ3) is 4.05. The van der Waals surface area contributed by atoms with Gasteiger partial charge in [0.25, 0.3) is 5.91 Å². The van der Waals surface area contributed by atoms with Gasteiger partial charge in [0.05, 0.1) is 5.56 Å². The van der Waals surface area contributed by atoms with E-state index in [1.54, 1.807) is 12.1 Å². The Morgan fingerprint density at radius 1 is 1.14 bits per heavy atom. The number of esters is 1. The zero-order chi connectivity index (χ0) is 15.2. The number of nitrogens with one attached hydrogen (secondary N) is 1. The van der Waals surface area contributed by atoms with E-state index in [-0.39, 0.29) is 18.6 Å². The minimum atomic E-state index is -0.486. The molecule has 0 spiro atoms. The standard InChI is InChI=1S/C17H19NO3/c1-3-12(2)18-16(19)11-21-17(20)15-9-8-13-6-4-5-7-14(13)10-15/h4-10,12H,3,11H2,1-2H3,(H,18,19)/t12-/m0/s1. The lowest BCUT2D eigenvalue weighted by atomic mass is 10.1. The molecule has 0 saturated carbocycles. The van der Waals surface area contributed by atoms with Crippen LogP contribution in [-0.4, -0.2) is 24.5 Å². The van der Waals surface area contributed by atoms with Crippen LogP contribution in [0.25, 0.3) is 10.8 Å². The van der Waals surface area contributed by atoms with E-state index in [1.165, 1.54) is 0 Å². The van der Waals surface area contributed by atoms with Crippen molar-refractivity contribution in [3.8, 4) is 0 Å². The average molecular weight is 285 g/mol. The molecule has 0 bridgehead atoms. The van der Waals surface area contributed by atoms with Crippen molar-refractivity contribution in [2.24, 2.45) is 0 Å². The number of carbonyl (C=O) groups is 2. The first-order valence-electron chi connectivity index (χ1n) is 7.05. The van der Waals surface area contributed by atoms with Gasteiger partial charge in [-0.25, -0.2) is 4.79 Å². The second kappa shape index (κ2) is 6.88. The molecule has 0 saturated heterocycles. The van der Waals surface area contributed by atoms with E-state index in [1.807, 2.05) is 44.2 Å². The van der Waals surface area contributed by atoms with Crippen molar-refractivity contribution in [2.75, 3.05) is 6.61 Å². The Morgan fingerprint density at radius 3 is 2.57 bits per heavy atom. The van der Waals surface area contributed by atoms with E-state index in [2.05, 4.69) is 5.32 Å². The Balaban J connectivity index is 1.97. The minimum absolute atomic E-state index is 0.0804. The summed E-state index contributed by atoms with van der Waals surface area (Å²) in [5, 5.41) is 4.78. The molecule has 0 aliphatic heterocycles. The zero-order valence-corrected chi connectivity index (χ0v) is 12.3. The summed E-state index contributed by atoms with van der Waals surface area (Å²) < 4.78 is 5.03. The lowest BCUT2D eigenvalue weighted by molar-refractivity contribution is -0.124. The normalized spacial score (nSPS) is 11.9. The molecule has 0 fully saturated rings. The van der Waals surface area contributed by atoms with E-state index >= 15 is 0 Å². The molecule has 0 aromatic heterocycles. The summed E-state index contributed by atoms with van der Waals surface area (Å²) in [4.78, 5) is 23.5. The van der Waals surface area contributed by atoms with E-state index in [0.717, 1.165) is 17.2 Å². The Morgan fingerprint density at radius 2 is 1.86 bits per heavy atom. The van der Waals surface area contributed by atoms with Gasteiger partial charge in [-0.1, -0.05) is 37.3 Å². The molecule has 2 rings (SSSR count). The number of rotatable bonds is 5. The van der Waals surface area contributed by atoms with Gasteiger partial charge in [0, 0.05) is 6.04 Å². The average Bonchev–Trinajstić information content (AvgIpc) is 2.51. The van der Waals surface area contributed by atoms with Gasteiger partial charge >= 0.3 is 5.97 Å².